The van der Waals surface area contributed by atoms with Crippen LogP contribution >= 0.6 is 71.0 Å². The first kappa shape index (κ1) is 10.8. The Kier molecular flexibility index (Phi) is 6.47. The van der Waals surface area contributed by atoms with E-state index in [1.807, 2.05) is 0 Å². The maximum Gasteiger partial charge on any atom is 0.108 e. The molecule has 0 N–H and O–H groups in total. The van der Waals surface area contributed by atoms with Crippen molar-refractivity contribution in [1.82, 2.24) is 0 Å². The number of hydrogen-bond acceptors (Lipinski definition) is 0. The van der Waals surface area contributed by atoms with Gasteiger partial charge in [0, 0.05) is 5.33 Å². The smallest absolute Gasteiger partial charge is 0.0878 e. The average Bonchev–Trinajstić information content (AvgIpc) is 1.64. The van der Waals surface area contributed by atoms with Gasteiger partial charge in [0.1, 0.15) is 4.49 Å². The third-order valence-corrected chi connectivity index (χ3v) is 2.85. The van der Waals surface area contributed by atoms with E-state index < -0.39 is 0 Å². The number of allylic oxidation sites excluding steroid dienone is 1. The maximum absolute atomic E-state index is 5.49. The summed E-state index contributed by atoms with van der Waals surface area (Å²) in [5.74, 6) is 0. The summed E-state index contributed by atoms with van der Waals surface area (Å²) in [6, 6.07) is 0. The molecule has 0 heterocycles. The summed E-state index contributed by atoms with van der Waals surface area (Å²) in [4.78, 5) is 0. The van der Waals surface area contributed by atoms with Crippen molar-refractivity contribution in [3.63, 3.8) is 0 Å². The van der Waals surface area contributed by atoms with Gasteiger partial charge in [-0.2, -0.15) is 0 Å². The third-order valence-electron chi connectivity index (χ3n) is 0.650. The van der Waals surface area contributed by atoms with Gasteiger partial charge in [0.15, 0.2) is 0 Å². The zero-order valence-electron chi connectivity index (χ0n) is 4.17. The molecule has 0 saturated heterocycles. The molecule has 0 aromatic rings. The van der Waals surface area contributed by atoms with Gasteiger partial charge in [0.05, 0.1) is 3.74 Å². The lowest BCUT2D eigenvalue weighted by Crippen LogP contribution is -1.94. The lowest BCUT2D eigenvalue weighted by molar-refractivity contribution is 1.42. The molecule has 0 amide bonds. The minimum Gasteiger partial charge on any atom is -0.0878 e. The Morgan fingerprint density at radius 1 is 1.33 bits per heavy atom. The molecule has 0 nitrogen and oxygen atoms in total. The molecule has 0 unspecified atom stereocenters. The highest BCUT2D eigenvalue weighted by Crippen LogP contribution is 2.27. The summed E-state index contributed by atoms with van der Waals surface area (Å²) in [6.07, 6.45) is 0. The van der Waals surface area contributed by atoms with E-state index in [2.05, 4.69) is 47.8 Å². The van der Waals surface area contributed by atoms with Crippen LogP contribution in [0.3, 0.4) is 0 Å². The van der Waals surface area contributed by atoms with Gasteiger partial charge in [-0.05, 0) is 5.57 Å². The molecule has 0 aromatic heterocycles. The van der Waals surface area contributed by atoms with E-state index in [0.29, 0.717) is 9.82 Å². The van der Waals surface area contributed by atoms with E-state index in [0.717, 1.165) is 5.57 Å². The fourth-order valence-electron chi connectivity index (χ4n) is 0.191. The van der Waals surface area contributed by atoms with Gasteiger partial charge >= 0.3 is 0 Å². The standard InChI is InChI=1S/C4H3Br3Cl2/c5-1-2(3(6)7)4(8)9/h3H,1H2. The minimum atomic E-state index is 0.0503. The molecular formula is C4H3Br3Cl2. The minimum absolute atomic E-state index is 0.0503. The Morgan fingerprint density at radius 2 is 1.78 bits per heavy atom. The maximum atomic E-state index is 5.49. The van der Waals surface area contributed by atoms with Gasteiger partial charge in [-0.15, -0.1) is 0 Å². The summed E-state index contributed by atoms with van der Waals surface area (Å²) in [5.41, 5.74) is 0.887. The Labute approximate surface area is 89.4 Å². The van der Waals surface area contributed by atoms with Gasteiger partial charge in [0.25, 0.3) is 0 Å². The van der Waals surface area contributed by atoms with Gasteiger partial charge in [-0.1, -0.05) is 71.0 Å². The van der Waals surface area contributed by atoms with E-state index >= 15 is 0 Å². The van der Waals surface area contributed by atoms with E-state index in [9.17, 15) is 0 Å². The zero-order chi connectivity index (χ0) is 7.44. The van der Waals surface area contributed by atoms with Gasteiger partial charge in [0.2, 0.25) is 0 Å². The van der Waals surface area contributed by atoms with Crippen molar-refractivity contribution in [3.8, 4) is 0 Å². The first-order chi connectivity index (χ1) is 4.09. The van der Waals surface area contributed by atoms with Crippen molar-refractivity contribution < 1.29 is 0 Å². The molecular weight excluding hydrogens is 359 g/mol. The van der Waals surface area contributed by atoms with Crippen LogP contribution in [0.4, 0.5) is 0 Å². The molecule has 54 valence electrons. The van der Waals surface area contributed by atoms with Crippen molar-refractivity contribution >= 4 is 71.0 Å². The van der Waals surface area contributed by atoms with Crippen LogP contribution in [0.1, 0.15) is 0 Å². The lowest BCUT2D eigenvalue weighted by Gasteiger charge is -2.02. The molecule has 0 bridgehead atoms. The molecule has 0 spiro atoms. The van der Waals surface area contributed by atoms with Crippen LogP contribution < -0.4 is 0 Å². The van der Waals surface area contributed by atoms with Crippen molar-refractivity contribution in [1.29, 1.82) is 0 Å². The summed E-state index contributed by atoms with van der Waals surface area (Å²) >= 11 is 20.7. The zero-order valence-corrected chi connectivity index (χ0v) is 10.4. The highest BCUT2D eigenvalue weighted by Gasteiger charge is 2.08. The van der Waals surface area contributed by atoms with E-state index in [1.54, 1.807) is 0 Å². The van der Waals surface area contributed by atoms with Gasteiger partial charge in [-0.25, -0.2) is 0 Å². The molecule has 0 aromatic carbocycles. The number of alkyl halides is 3. The van der Waals surface area contributed by atoms with Gasteiger partial charge < -0.3 is 0 Å². The molecule has 0 fully saturated rings. The third kappa shape index (κ3) is 4.25. The summed E-state index contributed by atoms with van der Waals surface area (Å²) in [6.45, 7) is 0. The van der Waals surface area contributed by atoms with Gasteiger partial charge in [-0.3, -0.25) is 0 Å². The fourth-order valence-corrected chi connectivity index (χ4v) is 3.65. The predicted octanol–water partition coefficient (Wildman–Crippen LogP) is 4.19. The largest absolute Gasteiger partial charge is 0.108 e. The van der Waals surface area contributed by atoms with E-state index in [-0.39, 0.29) is 3.74 Å². The number of halogens is 5. The van der Waals surface area contributed by atoms with Crippen molar-refractivity contribution in [3.05, 3.63) is 10.1 Å². The Hall–Kier alpha value is 1.76. The predicted molar refractivity (Wildman–Crippen MR) is 54.2 cm³/mol. The molecule has 9 heavy (non-hydrogen) atoms. The van der Waals surface area contributed by atoms with Crippen molar-refractivity contribution in [2.75, 3.05) is 5.33 Å². The Balaban J connectivity index is 4.16. The fraction of sp³-hybridized carbons (Fsp3) is 0.500. The second-order valence-corrected chi connectivity index (χ2v) is 5.79. The van der Waals surface area contributed by atoms with Crippen LogP contribution in [-0.4, -0.2) is 9.07 Å². The van der Waals surface area contributed by atoms with Crippen molar-refractivity contribution in [2.45, 2.75) is 3.74 Å². The summed E-state index contributed by atoms with van der Waals surface area (Å²) in [5, 5.41) is 0.663. The number of rotatable bonds is 2. The molecule has 0 saturated carbocycles. The highest BCUT2D eigenvalue weighted by molar-refractivity contribution is 9.24. The topological polar surface area (TPSA) is 0 Å². The van der Waals surface area contributed by atoms with E-state index in [1.165, 1.54) is 0 Å². The average molecular weight is 362 g/mol. The van der Waals surface area contributed by atoms with Crippen LogP contribution in [0.2, 0.25) is 0 Å². The molecule has 0 aliphatic carbocycles. The quantitative estimate of drug-likeness (QED) is 0.647. The van der Waals surface area contributed by atoms with Crippen LogP contribution in [0.5, 0.6) is 0 Å². The monoisotopic (exact) mass is 358 g/mol. The first-order valence-electron chi connectivity index (χ1n) is 1.97. The summed E-state index contributed by atoms with van der Waals surface area (Å²) in [7, 11) is 0. The van der Waals surface area contributed by atoms with E-state index in [4.69, 9.17) is 23.2 Å². The van der Waals surface area contributed by atoms with Crippen molar-refractivity contribution in [2.24, 2.45) is 0 Å². The van der Waals surface area contributed by atoms with Crippen LogP contribution in [0.25, 0.3) is 0 Å². The van der Waals surface area contributed by atoms with Crippen LogP contribution in [0.15, 0.2) is 10.1 Å². The molecule has 0 radical (unpaired) electrons. The Morgan fingerprint density at radius 3 is 1.78 bits per heavy atom. The molecule has 0 rings (SSSR count). The first-order valence-corrected chi connectivity index (χ1v) is 5.68. The highest BCUT2D eigenvalue weighted by atomic mass is 79.9. The lowest BCUT2D eigenvalue weighted by atomic mass is 10.4. The molecule has 5 heteroatoms. The SMILES string of the molecule is ClC(Cl)=C(CBr)C(Br)Br. The Bertz CT molecular complexity index is 117. The molecule has 0 atom stereocenters. The second kappa shape index (κ2) is 5.42. The normalized spacial score (nSPS) is 10.0. The summed E-state index contributed by atoms with van der Waals surface area (Å²) < 4.78 is 0.347. The second-order valence-electron chi connectivity index (χ2n) is 1.22. The molecule has 0 aliphatic heterocycles. The number of hydrogen-bond donors (Lipinski definition) is 0. The van der Waals surface area contributed by atoms with Crippen LogP contribution in [0, 0.1) is 0 Å². The molecule has 0 aliphatic rings. The van der Waals surface area contributed by atoms with Crippen LogP contribution in [-0.2, 0) is 0 Å².